The fraction of sp³-hybridized carbons (Fsp3) is 0.483. The zero-order chi connectivity index (χ0) is 26.1. The molecule has 4 rings (SSSR count). The van der Waals surface area contributed by atoms with E-state index >= 15 is 0 Å². The molecule has 8 heteroatoms. The van der Waals surface area contributed by atoms with Crippen LogP contribution in [0.5, 0.6) is 0 Å². The number of carboxylic acid groups (broad SMARTS) is 1. The molecule has 1 atom stereocenters. The number of nitrogens with zero attached hydrogens (tertiary/aromatic N) is 2. The molecule has 0 radical (unpaired) electrons. The lowest BCUT2D eigenvalue weighted by molar-refractivity contribution is -0.143. The molecule has 2 heterocycles. The summed E-state index contributed by atoms with van der Waals surface area (Å²) in [5.74, 6) is -0.359. The van der Waals surface area contributed by atoms with Crippen LogP contribution in [0.25, 0.3) is 0 Å². The average Bonchev–Trinajstić information content (AvgIpc) is 3.37. The van der Waals surface area contributed by atoms with E-state index in [-0.39, 0.29) is 18.2 Å². The molecule has 2 aromatic rings. The second-order valence-corrected chi connectivity index (χ2v) is 10.0. The number of carboxylic acids is 1. The van der Waals surface area contributed by atoms with Crippen LogP contribution < -0.4 is 5.32 Å². The quantitative estimate of drug-likeness (QED) is 0.223. The maximum absolute atomic E-state index is 11.2. The van der Waals surface area contributed by atoms with Crippen molar-refractivity contribution >= 4 is 17.5 Å². The maximum atomic E-state index is 11.2. The Labute approximate surface area is 219 Å². The number of aliphatic carboxylic acids is 1. The van der Waals surface area contributed by atoms with E-state index in [0.29, 0.717) is 38.4 Å². The topological polar surface area (TPSA) is 107 Å². The van der Waals surface area contributed by atoms with Crippen molar-refractivity contribution in [1.82, 2.24) is 10.2 Å². The Hall–Kier alpha value is -3.23. The van der Waals surface area contributed by atoms with Crippen LogP contribution in [0.4, 0.5) is 0 Å². The van der Waals surface area contributed by atoms with Crippen molar-refractivity contribution in [3.63, 3.8) is 0 Å². The predicted molar refractivity (Wildman–Crippen MR) is 144 cm³/mol. The van der Waals surface area contributed by atoms with Gasteiger partial charge >= 0.3 is 5.97 Å². The van der Waals surface area contributed by atoms with E-state index in [1.165, 1.54) is 0 Å². The smallest absolute Gasteiger partial charge is 0.317 e. The summed E-state index contributed by atoms with van der Waals surface area (Å²) < 4.78 is 6.56. The standard InChI is InChI=1S/C29H38N4O4/c1-2-3-15-31-28(30)24-11-9-23(10-12-24)26-18-25(37-32-26)19-29(36-21-22-7-5-4-6-8-22)13-16-33(17-14-29)20-27(34)35/h4-12,25H,2-3,13-21H2,1H3,(H2,30,31)(H,34,35). The average molecular weight is 507 g/mol. The third-order valence-electron chi connectivity index (χ3n) is 7.19. The Morgan fingerprint density at radius 1 is 1.19 bits per heavy atom. The molecule has 37 heavy (non-hydrogen) atoms. The molecule has 3 N–H and O–H groups in total. The summed E-state index contributed by atoms with van der Waals surface area (Å²) in [7, 11) is 0. The molecule has 0 aliphatic carbocycles. The third-order valence-corrected chi connectivity index (χ3v) is 7.19. The first-order chi connectivity index (χ1) is 18.0. The summed E-state index contributed by atoms with van der Waals surface area (Å²) in [6.07, 6.45) is 4.96. The van der Waals surface area contributed by atoms with Crippen LogP contribution in [0.2, 0.25) is 0 Å². The highest BCUT2D eigenvalue weighted by Gasteiger charge is 2.40. The number of nitrogens with one attached hydrogen (secondary N) is 2. The number of unbranched alkanes of at least 4 members (excludes halogenated alkanes) is 1. The Morgan fingerprint density at radius 2 is 1.92 bits per heavy atom. The molecule has 2 aromatic carbocycles. The van der Waals surface area contributed by atoms with Gasteiger partial charge in [-0.3, -0.25) is 15.1 Å². The molecule has 1 fully saturated rings. The zero-order valence-electron chi connectivity index (χ0n) is 21.6. The second kappa shape index (κ2) is 12.8. The van der Waals surface area contributed by atoms with Crippen molar-refractivity contribution < 1.29 is 19.5 Å². The number of hydrogen-bond acceptors (Lipinski definition) is 6. The minimum Gasteiger partial charge on any atom is -0.480 e. The first-order valence-corrected chi connectivity index (χ1v) is 13.2. The van der Waals surface area contributed by atoms with Crippen molar-refractivity contribution in [3.8, 4) is 0 Å². The zero-order valence-corrected chi connectivity index (χ0v) is 21.6. The van der Waals surface area contributed by atoms with Crippen LogP contribution in [0.15, 0.2) is 59.8 Å². The fourth-order valence-corrected chi connectivity index (χ4v) is 4.97. The molecule has 0 saturated carbocycles. The van der Waals surface area contributed by atoms with Gasteiger partial charge in [-0.25, -0.2) is 0 Å². The minimum atomic E-state index is -0.798. The summed E-state index contributed by atoms with van der Waals surface area (Å²) in [5.41, 5.74) is 3.50. The lowest BCUT2D eigenvalue weighted by Crippen LogP contribution is -2.49. The van der Waals surface area contributed by atoms with Crippen molar-refractivity contribution in [2.75, 3.05) is 26.2 Å². The normalized spacial score (nSPS) is 19.2. The number of likely N-dealkylation sites (tertiary alicyclic amines) is 1. The summed E-state index contributed by atoms with van der Waals surface area (Å²) in [4.78, 5) is 19.0. The Balaban J connectivity index is 1.36. The summed E-state index contributed by atoms with van der Waals surface area (Å²) >= 11 is 0. The molecule has 0 bridgehead atoms. The van der Waals surface area contributed by atoms with Crippen LogP contribution in [0, 0.1) is 5.41 Å². The van der Waals surface area contributed by atoms with Crippen molar-refractivity contribution in [2.24, 2.45) is 5.16 Å². The van der Waals surface area contributed by atoms with Gasteiger partial charge in [0.25, 0.3) is 0 Å². The van der Waals surface area contributed by atoms with Gasteiger partial charge in [-0.15, -0.1) is 0 Å². The van der Waals surface area contributed by atoms with Gasteiger partial charge in [0.05, 0.1) is 24.5 Å². The van der Waals surface area contributed by atoms with Gasteiger partial charge in [0, 0.05) is 38.0 Å². The number of amidine groups is 1. The molecule has 0 aromatic heterocycles. The minimum absolute atomic E-state index is 0.0591. The van der Waals surface area contributed by atoms with Gasteiger partial charge in [-0.05, 0) is 30.4 Å². The van der Waals surface area contributed by atoms with Gasteiger partial charge in [0.15, 0.2) is 0 Å². The Bertz CT molecular complexity index is 1060. The number of benzene rings is 2. The molecule has 0 amide bonds. The number of piperidine rings is 1. The molecular formula is C29H38N4O4. The van der Waals surface area contributed by atoms with Crippen LogP contribution in [-0.2, 0) is 21.0 Å². The number of carbonyl (C=O) groups is 1. The van der Waals surface area contributed by atoms with Gasteiger partial charge < -0.3 is 20.0 Å². The van der Waals surface area contributed by atoms with Crippen LogP contribution in [-0.4, -0.2) is 65.4 Å². The van der Waals surface area contributed by atoms with E-state index < -0.39 is 5.97 Å². The van der Waals surface area contributed by atoms with E-state index in [4.69, 9.17) is 15.0 Å². The van der Waals surface area contributed by atoms with E-state index in [9.17, 15) is 9.90 Å². The van der Waals surface area contributed by atoms with Gasteiger partial charge in [-0.2, -0.15) is 0 Å². The highest BCUT2D eigenvalue weighted by atomic mass is 16.6. The van der Waals surface area contributed by atoms with Gasteiger partial charge in [0.2, 0.25) is 0 Å². The van der Waals surface area contributed by atoms with E-state index in [0.717, 1.165) is 54.6 Å². The number of rotatable bonds is 12. The van der Waals surface area contributed by atoms with Crippen LogP contribution in [0.1, 0.15) is 62.1 Å². The first-order valence-electron chi connectivity index (χ1n) is 13.2. The van der Waals surface area contributed by atoms with E-state index in [1.54, 1.807) is 0 Å². The fourth-order valence-electron chi connectivity index (χ4n) is 4.97. The second-order valence-electron chi connectivity index (χ2n) is 10.0. The van der Waals surface area contributed by atoms with Crippen LogP contribution >= 0.6 is 0 Å². The van der Waals surface area contributed by atoms with Crippen LogP contribution in [0.3, 0.4) is 0 Å². The molecule has 1 unspecified atom stereocenters. The largest absolute Gasteiger partial charge is 0.480 e. The Kier molecular flexibility index (Phi) is 9.30. The summed E-state index contributed by atoms with van der Waals surface area (Å²) in [5, 5.41) is 25.0. The SMILES string of the molecule is CCCCNC(=N)c1ccc(C2=NOC(CC3(OCc4ccccc4)CCN(CC(=O)O)CC3)C2)cc1. The lowest BCUT2D eigenvalue weighted by atomic mass is 9.84. The number of ether oxygens (including phenoxy) is 1. The molecule has 1 saturated heterocycles. The highest BCUT2D eigenvalue weighted by molar-refractivity contribution is 6.02. The maximum Gasteiger partial charge on any atom is 0.317 e. The number of hydrogen-bond donors (Lipinski definition) is 3. The van der Waals surface area contributed by atoms with Crippen molar-refractivity contribution in [1.29, 1.82) is 5.41 Å². The third kappa shape index (κ3) is 7.63. The molecule has 2 aliphatic rings. The summed E-state index contributed by atoms with van der Waals surface area (Å²) in [6, 6.07) is 18.0. The van der Waals surface area contributed by atoms with Gasteiger partial charge in [-0.1, -0.05) is 73.1 Å². The highest BCUT2D eigenvalue weighted by Crippen LogP contribution is 2.35. The predicted octanol–water partition coefficient (Wildman–Crippen LogP) is 4.42. The first kappa shape index (κ1) is 26.8. The molecule has 2 aliphatic heterocycles. The number of oxime groups is 1. The van der Waals surface area contributed by atoms with Crippen molar-refractivity contribution in [3.05, 3.63) is 71.3 Å². The Morgan fingerprint density at radius 3 is 2.59 bits per heavy atom. The molecule has 0 spiro atoms. The molecule has 8 nitrogen and oxygen atoms in total. The van der Waals surface area contributed by atoms with Gasteiger partial charge in [0.1, 0.15) is 11.9 Å². The monoisotopic (exact) mass is 506 g/mol. The van der Waals surface area contributed by atoms with E-state index in [1.807, 2.05) is 47.4 Å². The lowest BCUT2D eigenvalue weighted by Gasteiger charge is -2.42. The van der Waals surface area contributed by atoms with Crippen molar-refractivity contribution in [2.45, 2.75) is 63.8 Å². The van der Waals surface area contributed by atoms with E-state index in [2.05, 4.69) is 29.5 Å². The molecule has 198 valence electrons. The summed E-state index contributed by atoms with van der Waals surface area (Å²) in [6.45, 7) is 4.88. The molecular weight excluding hydrogens is 468 g/mol.